The highest BCUT2D eigenvalue weighted by molar-refractivity contribution is 7.09. The van der Waals surface area contributed by atoms with Crippen molar-refractivity contribution in [2.45, 2.75) is 19.3 Å². The zero-order chi connectivity index (χ0) is 16.3. The normalized spacial score (nSPS) is 11.4. The largest absolute Gasteiger partial charge is 0.494 e. The predicted molar refractivity (Wildman–Crippen MR) is 93.6 cm³/mol. The molecular formula is C17H22FN3OS. The van der Waals surface area contributed by atoms with E-state index in [2.05, 4.69) is 21.8 Å². The lowest BCUT2D eigenvalue weighted by molar-refractivity contribution is 0.307. The van der Waals surface area contributed by atoms with Gasteiger partial charge in [0.05, 0.1) is 6.61 Å². The molecule has 0 aliphatic carbocycles. The van der Waals surface area contributed by atoms with Gasteiger partial charge in [-0.1, -0.05) is 6.07 Å². The number of benzene rings is 1. The van der Waals surface area contributed by atoms with Gasteiger partial charge in [-0.15, -0.1) is 11.3 Å². The molecule has 1 aromatic heterocycles. The number of ether oxygens (including phenoxy) is 1. The first-order chi connectivity index (χ1) is 11.2. The first-order valence-corrected chi connectivity index (χ1v) is 8.56. The van der Waals surface area contributed by atoms with Crippen molar-refractivity contribution in [3.63, 3.8) is 0 Å². The fourth-order valence-corrected chi connectivity index (χ4v) is 2.67. The maximum Gasteiger partial charge on any atom is 0.188 e. The summed E-state index contributed by atoms with van der Waals surface area (Å²) in [6, 6.07) is 10.2. The van der Waals surface area contributed by atoms with Crippen LogP contribution in [0.5, 0.6) is 5.75 Å². The monoisotopic (exact) mass is 335 g/mol. The van der Waals surface area contributed by atoms with Gasteiger partial charge in [0.2, 0.25) is 0 Å². The number of halogens is 1. The van der Waals surface area contributed by atoms with Crippen molar-refractivity contribution in [2.24, 2.45) is 10.7 Å². The summed E-state index contributed by atoms with van der Waals surface area (Å²) in [5.41, 5.74) is 5.81. The van der Waals surface area contributed by atoms with Crippen molar-refractivity contribution in [1.29, 1.82) is 0 Å². The third kappa shape index (κ3) is 7.15. The number of hydrogen-bond acceptors (Lipinski definition) is 3. The minimum absolute atomic E-state index is 0.256. The van der Waals surface area contributed by atoms with Crippen LogP contribution in [0.3, 0.4) is 0 Å². The highest BCUT2D eigenvalue weighted by atomic mass is 32.1. The van der Waals surface area contributed by atoms with E-state index in [-0.39, 0.29) is 5.82 Å². The standard InChI is InChI=1S/C17H22FN3OS/c18-14-5-7-15(8-6-14)22-12-2-1-10-20-17(19)21-11-9-16-4-3-13-23-16/h3-8,13H,1-2,9-12H2,(H3,19,20,21). The SMILES string of the molecule is NC(=NCCCCOc1ccc(F)cc1)NCCc1cccs1. The van der Waals surface area contributed by atoms with E-state index in [1.807, 2.05) is 6.07 Å². The van der Waals surface area contributed by atoms with Crippen molar-refractivity contribution in [3.8, 4) is 5.75 Å². The molecule has 1 heterocycles. The van der Waals surface area contributed by atoms with Crippen LogP contribution in [-0.4, -0.2) is 25.7 Å². The van der Waals surface area contributed by atoms with Gasteiger partial charge >= 0.3 is 0 Å². The Morgan fingerprint density at radius 2 is 2.04 bits per heavy atom. The Morgan fingerprint density at radius 3 is 2.78 bits per heavy atom. The molecule has 0 saturated carbocycles. The molecule has 1 aromatic carbocycles. The Hall–Kier alpha value is -2.08. The number of nitrogens with two attached hydrogens (primary N) is 1. The Labute approximate surface area is 140 Å². The Bertz CT molecular complexity index is 584. The molecule has 0 spiro atoms. The van der Waals surface area contributed by atoms with Crippen LogP contribution >= 0.6 is 11.3 Å². The van der Waals surface area contributed by atoms with Gasteiger partial charge in [-0.2, -0.15) is 0 Å². The van der Waals surface area contributed by atoms with Gasteiger partial charge < -0.3 is 15.8 Å². The average molecular weight is 335 g/mol. The summed E-state index contributed by atoms with van der Waals surface area (Å²) in [5.74, 6) is 0.916. The number of hydrogen-bond donors (Lipinski definition) is 2. The average Bonchev–Trinajstić information content (AvgIpc) is 3.06. The molecule has 2 aromatic rings. The molecule has 23 heavy (non-hydrogen) atoms. The van der Waals surface area contributed by atoms with E-state index in [9.17, 15) is 4.39 Å². The second-order valence-corrected chi connectivity index (χ2v) is 6.06. The van der Waals surface area contributed by atoms with Gasteiger partial charge in [-0.3, -0.25) is 4.99 Å². The smallest absolute Gasteiger partial charge is 0.188 e. The highest BCUT2D eigenvalue weighted by Gasteiger charge is 1.96. The lowest BCUT2D eigenvalue weighted by atomic mass is 10.3. The van der Waals surface area contributed by atoms with Gasteiger partial charge in [0, 0.05) is 18.0 Å². The molecule has 0 unspecified atom stereocenters. The van der Waals surface area contributed by atoms with Crippen LogP contribution in [0.4, 0.5) is 4.39 Å². The predicted octanol–water partition coefficient (Wildman–Crippen LogP) is 3.19. The topological polar surface area (TPSA) is 59.6 Å². The number of guanidine groups is 1. The van der Waals surface area contributed by atoms with E-state index in [4.69, 9.17) is 10.5 Å². The Balaban J connectivity index is 1.51. The Kier molecular flexibility index (Phi) is 7.39. The number of rotatable bonds is 9. The second-order valence-electron chi connectivity index (χ2n) is 5.03. The van der Waals surface area contributed by atoms with E-state index < -0.39 is 0 Å². The summed E-state index contributed by atoms with van der Waals surface area (Å²) < 4.78 is 18.2. The molecule has 124 valence electrons. The quantitative estimate of drug-likeness (QED) is 0.420. The highest BCUT2D eigenvalue weighted by Crippen LogP contribution is 2.11. The summed E-state index contributed by atoms with van der Waals surface area (Å²) >= 11 is 1.75. The number of nitrogens with zero attached hydrogens (tertiary/aromatic N) is 1. The summed E-state index contributed by atoms with van der Waals surface area (Å²) in [4.78, 5) is 5.62. The first-order valence-electron chi connectivity index (χ1n) is 7.68. The molecule has 0 atom stereocenters. The molecule has 2 rings (SSSR count). The van der Waals surface area contributed by atoms with Crippen LogP contribution in [0, 0.1) is 5.82 Å². The summed E-state index contributed by atoms with van der Waals surface area (Å²) in [6.45, 7) is 2.06. The van der Waals surface area contributed by atoms with E-state index in [1.165, 1.54) is 17.0 Å². The van der Waals surface area contributed by atoms with Crippen molar-refractivity contribution < 1.29 is 9.13 Å². The third-order valence-corrected chi connectivity index (χ3v) is 4.11. The van der Waals surface area contributed by atoms with E-state index in [0.29, 0.717) is 24.9 Å². The second kappa shape index (κ2) is 9.84. The molecule has 0 aliphatic heterocycles. The van der Waals surface area contributed by atoms with Crippen LogP contribution in [0.15, 0.2) is 46.8 Å². The maximum atomic E-state index is 12.7. The molecule has 6 heteroatoms. The number of aliphatic imine (C=N–C) groups is 1. The van der Waals surface area contributed by atoms with Gasteiger partial charge in [-0.25, -0.2) is 4.39 Å². The van der Waals surface area contributed by atoms with E-state index in [0.717, 1.165) is 25.8 Å². The zero-order valence-corrected chi connectivity index (χ0v) is 13.8. The van der Waals surface area contributed by atoms with Crippen molar-refractivity contribution in [2.75, 3.05) is 19.7 Å². The van der Waals surface area contributed by atoms with Gasteiger partial charge in [0.25, 0.3) is 0 Å². The lowest BCUT2D eigenvalue weighted by Crippen LogP contribution is -2.33. The van der Waals surface area contributed by atoms with Crippen LogP contribution in [0.2, 0.25) is 0 Å². The molecule has 0 radical (unpaired) electrons. The molecule has 0 amide bonds. The van der Waals surface area contributed by atoms with Crippen LogP contribution in [-0.2, 0) is 6.42 Å². The minimum Gasteiger partial charge on any atom is -0.494 e. The van der Waals surface area contributed by atoms with E-state index >= 15 is 0 Å². The molecule has 0 fully saturated rings. The summed E-state index contributed by atoms with van der Waals surface area (Å²) in [7, 11) is 0. The summed E-state index contributed by atoms with van der Waals surface area (Å²) in [6.07, 6.45) is 2.73. The number of unbranched alkanes of at least 4 members (excludes halogenated alkanes) is 1. The van der Waals surface area contributed by atoms with Crippen molar-refractivity contribution in [1.82, 2.24) is 5.32 Å². The summed E-state index contributed by atoms with van der Waals surface area (Å²) in [5, 5.41) is 5.18. The molecule has 4 nitrogen and oxygen atoms in total. The molecule has 0 saturated heterocycles. The molecule has 0 aliphatic rings. The third-order valence-electron chi connectivity index (χ3n) is 3.17. The van der Waals surface area contributed by atoms with E-state index in [1.54, 1.807) is 23.5 Å². The minimum atomic E-state index is -0.256. The van der Waals surface area contributed by atoms with Crippen LogP contribution < -0.4 is 15.8 Å². The number of nitrogens with one attached hydrogen (secondary N) is 1. The Morgan fingerprint density at radius 1 is 1.22 bits per heavy atom. The lowest BCUT2D eigenvalue weighted by Gasteiger charge is -2.06. The van der Waals surface area contributed by atoms with Gasteiger partial charge in [0.15, 0.2) is 5.96 Å². The maximum absolute atomic E-state index is 12.7. The first kappa shape index (κ1) is 17.3. The zero-order valence-electron chi connectivity index (χ0n) is 13.0. The van der Waals surface area contributed by atoms with Gasteiger partial charge in [-0.05, 0) is 55.0 Å². The molecule has 0 bridgehead atoms. The fourth-order valence-electron chi connectivity index (χ4n) is 1.96. The van der Waals surface area contributed by atoms with Gasteiger partial charge in [0.1, 0.15) is 11.6 Å². The fraction of sp³-hybridized carbons (Fsp3) is 0.353. The molecule has 3 N–H and O–H groups in total. The van der Waals surface area contributed by atoms with Crippen molar-refractivity contribution in [3.05, 3.63) is 52.5 Å². The number of thiophene rings is 1. The van der Waals surface area contributed by atoms with Crippen molar-refractivity contribution >= 4 is 17.3 Å². The molecular weight excluding hydrogens is 313 g/mol. The van der Waals surface area contributed by atoms with Crippen LogP contribution in [0.25, 0.3) is 0 Å². The van der Waals surface area contributed by atoms with Crippen LogP contribution in [0.1, 0.15) is 17.7 Å².